The third-order valence-corrected chi connectivity index (χ3v) is 4.51. The summed E-state index contributed by atoms with van der Waals surface area (Å²) < 4.78 is 0. The van der Waals surface area contributed by atoms with Gasteiger partial charge in [0.15, 0.2) is 0 Å². The molecule has 0 aromatic rings. The van der Waals surface area contributed by atoms with E-state index >= 15 is 0 Å². The lowest BCUT2D eigenvalue weighted by Crippen LogP contribution is -2.16. The summed E-state index contributed by atoms with van der Waals surface area (Å²) in [5.41, 5.74) is 0. The Balaban J connectivity index is 1.99. The van der Waals surface area contributed by atoms with Crippen molar-refractivity contribution in [2.24, 2.45) is 23.7 Å². The number of rotatable bonds is 2. The maximum absolute atomic E-state index is 2.46. The molecule has 0 saturated heterocycles. The standard InChI is InChI=1S/C12H22/c1-3-9(2)11-8-7-10-5-4-6-12(10)11/h9-12H,3-8H2,1-2H3. The molecule has 2 rings (SSSR count). The van der Waals surface area contributed by atoms with Crippen molar-refractivity contribution >= 4 is 0 Å². The normalized spacial score (nSPS) is 43.0. The molecule has 0 spiro atoms. The van der Waals surface area contributed by atoms with Crippen LogP contribution in [0.3, 0.4) is 0 Å². The smallest absolute Gasteiger partial charge is 0.0355 e. The number of hydrogen-bond acceptors (Lipinski definition) is 0. The molecule has 0 bridgehead atoms. The van der Waals surface area contributed by atoms with Crippen LogP contribution in [0.1, 0.15) is 52.4 Å². The second kappa shape index (κ2) is 3.40. The molecule has 2 aliphatic rings. The Morgan fingerprint density at radius 3 is 2.75 bits per heavy atom. The average molecular weight is 166 g/mol. The van der Waals surface area contributed by atoms with Gasteiger partial charge in [-0.15, -0.1) is 0 Å². The zero-order valence-corrected chi connectivity index (χ0v) is 8.55. The van der Waals surface area contributed by atoms with Gasteiger partial charge < -0.3 is 0 Å². The fourth-order valence-corrected chi connectivity index (χ4v) is 3.62. The molecule has 0 amide bonds. The predicted molar refractivity (Wildman–Crippen MR) is 53.0 cm³/mol. The maximum Gasteiger partial charge on any atom is -0.0355 e. The van der Waals surface area contributed by atoms with Crippen molar-refractivity contribution in [2.75, 3.05) is 0 Å². The first-order chi connectivity index (χ1) is 5.83. The van der Waals surface area contributed by atoms with Crippen molar-refractivity contribution in [3.8, 4) is 0 Å². The Hall–Kier alpha value is 0. The molecule has 4 unspecified atom stereocenters. The summed E-state index contributed by atoms with van der Waals surface area (Å²) in [7, 11) is 0. The molecule has 0 N–H and O–H groups in total. The summed E-state index contributed by atoms with van der Waals surface area (Å²) in [5, 5.41) is 0. The molecule has 0 heteroatoms. The van der Waals surface area contributed by atoms with E-state index in [2.05, 4.69) is 13.8 Å². The van der Waals surface area contributed by atoms with Gasteiger partial charge in [-0.1, -0.05) is 33.1 Å². The van der Waals surface area contributed by atoms with E-state index < -0.39 is 0 Å². The van der Waals surface area contributed by atoms with Gasteiger partial charge in [-0.25, -0.2) is 0 Å². The topological polar surface area (TPSA) is 0 Å². The van der Waals surface area contributed by atoms with Gasteiger partial charge in [0.1, 0.15) is 0 Å². The zero-order chi connectivity index (χ0) is 8.55. The fourth-order valence-electron chi connectivity index (χ4n) is 3.62. The Kier molecular flexibility index (Phi) is 2.43. The summed E-state index contributed by atoms with van der Waals surface area (Å²) in [6, 6.07) is 0. The molecule has 0 aliphatic heterocycles. The second-order valence-electron chi connectivity index (χ2n) is 4.98. The lowest BCUT2D eigenvalue weighted by atomic mass is 9.82. The van der Waals surface area contributed by atoms with Crippen molar-refractivity contribution < 1.29 is 0 Å². The van der Waals surface area contributed by atoms with E-state index in [9.17, 15) is 0 Å². The molecule has 2 aliphatic carbocycles. The van der Waals surface area contributed by atoms with Crippen LogP contribution in [0.2, 0.25) is 0 Å². The Morgan fingerprint density at radius 2 is 2.00 bits per heavy atom. The SMILES string of the molecule is CCC(C)C1CCC2CCCC21. The molecule has 12 heavy (non-hydrogen) atoms. The lowest BCUT2D eigenvalue weighted by Gasteiger charge is -2.24. The summed E-state index contributed by atoms with van der Waals surface area (Å²) in [6.07, 6.45) is 9.14. The minimum absolute atomic E-state index is 0.998. The number of hydrogen-bond donors (Lipinski definition) is 0. The first-order valence-electron chi connectivity index (χ1n) is 5.83. The highest BCUT2D eigenvalue weighted by Gasteiger charge is 2.40. The molecule has 0 aromatic carbocycles. The van der Waals surface area contributed by atoms with Crippen LogP contribution < -0.4 is 0 Å². The van der Waals surface area contributed by atoms with Crippen molar-refractivity contribution in [1.82, 2.24) is 0 Å². The van der Waals surface area contributed by atoms with Crippen molar-refractivity contribution in [3.63, 3.8) is 0 Å². The molecule has 4 atom stereocenters. The van der Waals surface area contributed by atoms with Crippen molar-refractivity contribution in [2.45, 2.75) is 52.4 Å². The van der Waals surface area contributed by atoms with E-state index in [4.69, 9.17) is 0 Å². The van der Waals surface area contributed by atoms with Crippen LogP contribution in [0.5, 0.6) is 0 Å². The summed E-state index contributed by atoms with van der Waals surface area (Å²) in [4.78, 5) is 0. The van der Waals surface area contributed by atoms with E-state index in [1.807, 2.05) is 0 Å². The summed E-state index contributed by atoms with van der Waals surface area (Å²) in [6.45, 7) is 4.82. The Morgan fingerprint density at radius 1 is 1.17 bits per heavy atom. The van der Waals surface area contributed by atoms with Gasteiger partial charge in [0.05, 0.1) is 0 Å². The Labute approximate surface area is 76.7 Å². The highest BCUT2D eigenvalue weighted by molar-refractivity contribution is 4.90. The largest absolute Gasteiger partial charge is 0.0651 e. The third-order valence-electron chi connectivity index (χ3n) is 4.51. The van der Waals surface area contributed by atoms with Crippen LogP contribution in [0, 0.1) is 23.7 Å². The number of fused-ring (bicyclic) bond motifs is 1. The van der Waals surface area contributed by atoms with Gasteiger partial charge in [0.25, 0.3) is 0 Å². The minimum atomic E-state index is 0.998. The van der Waals surface area contributed by atoms with Crippen LogP contribution in [0.15, 0.2) is 0 Å². The van der Waals surface area contributed by atoms with Crippen LogP contribution in [-0.4, -0.2) is 0 Å². The fraction of sp³-hybridized carbons (Fsp3) is 1.00. The summed E-state index contributed by atoms with van der Waals surface area (Å²) in [5.74, 6) is 4.38. The van der Waals surface area contributed by atoms with E-state index in [1.54, 1.807) is 25.7 Å². The lowest BCUT2D eigenvalue weighted by molar-refractivity contribution is 0.255. The van der Waals surface area contributed by atoms with Crippen LogP contribution in [0.4, 0.5) is 0 Å². The first kappa shape index (κ1) is 8.59. The van der Waals surface area contributed by atoms with Gasteiger partial charge in [0.2, 0.25) is 0 Å². The molecule has 0 aromatic heterocycles. The van der Waals surface area contributed by atoms with Gasteiger partial charge in [-0.2, -0.15) is 0 Å². The van der Waals surface area contributed by atoms with Gasteiger partial charge in [-0.05, 0) is 42.9 Å². The molecular weight excluding hydrogens is 144 g/mol. The van der Waals surface area contributed by atoms with Gasteiger partial charge in [0, 0.05) is 0 Å². The van der Waals surface area contributed by atoms with Crippen LogP contribution in [0.25, 0.3) is 0 Å². The molecule has 0 nitrogen and oxygen atoms in total. The monoisotopic (exact) mass is 166 g/mol. The molecular formula is C12H22. The maximum atomic E-state index is 2.46. The molecule has 2 saturated carbocycles. The van der Waals surface area contributed by atoms with Crippen LogP contribution >= 0.6 is 0 Å². The highest BCUT2D eigenvalue weighted by atomic mass is 14.5. The quantitative estimate of drug-likeness (QED) is 0.584. The van der Waals surface area contributed by atoms with Crippen molar-refractivity contribution in [1.29, 1.82) is 0 Å². The van der Waals surface area contributed by atoms with E-state index in [1.165, 1.54) is 12.8 Å². The molecule has 0 radical (unpaired) electrons. The van der Waals surface area contributed by atoms with Gasteiger partial charge >= 0.3 is 0 Å². The molecule has 0 heterocycles. The third kappa shape index (κ3) is 1.30. The van der Waals surface area contributed by atoms with E-state index in [-0.39, 0.29) is 0 Å². The zero-order valence-electron chi connectivity index (χ0n) is 8.55. The van der Waals surface area contributed by atoms with Crippen molar-refractivity contribution in [3.05, 3.63) is 0 Å². The van der Waals surface area contributed by atoms with E-state index in [0.717, 1.165) is 23.7 Å². The first-order valence-corrected chi connectivity index (χ1v) is 5.83. The average Bonchev–Trinajstić information content (AvgIpc) is 2.62. The molecule has 2 fully saturated rings. The summed E-state index contributed by atoms with van der Waals surface area (Å²) >= 11 is 0. The second-order valence-corrected chi connectivity index (χ2v) is 4.98. The highest BCUT2D eigenvalue weighted by Crippen LogP contribution is 2.50. The van der Waals surface area contributed by atoms with Gasteiger partial charge in [-0.3, -0.25) is 0 Å². The Bertz CT molecular complexity index is 150. The minimum Gasteiger partial charge on any atom is -0.0651 e. The van der Waals surface area contributed by atoms with E-state index in [0.29, 0.717) is 0 Å². The van der Waals surface area contributed by atoms with Crippen LogP contribution in [-0.2, 0) is 0 Å². The predicted octanol–water partition coefficient (Wildman–Crippen LogP) is 3.86. The molecule has 70 valence electrons.